The number of nitrogens with one attached hydrogen (secondary N) is 1. The molecule has 9 heteroatoms. The number of rotatable bonds is 8. The Morgan fingerprint density at radius 1 is 1.19 bits per heavy atom. The lowest BCUT2D eigenvalue weighted by molar-refractivity contribution is -0.118. The Bertz CT molecular complexity index is 885. The van der Waals surface area contributed by atoms with Gasteiger partial charge in [-0.2, -0.15) is 0 Å². The van der Waals surface area contributed by atoms with Gasteiger partial charge in [-0.3, -0.25) is 9.36 Å². The zero-order valence-corrected chi connectivity index (χ0v) is 16.6. The molecule has 1 amide bonds. The molecule has 2 aromatic heterocycles. The highest BCUT2D eigenvalue weighted by Crippen LogP contribution is 2.22. The maximum Gasteiger partial charge on any atom is 0.230 e. The van der Waals surface area contributed by atoms with E-state index in [-0.39, 0.29) is 5.91 Å². The Morgan fingerprint density at radius 2 is 2.00 bits per heavy atom. The third kappa shape index (κ3) is 5.01. The van der Waals surface area contributed by atoms with Gasteiger partial charge in [-0.05, 0) is 42.7 Å². The highest BCUT2D eigenvalue weighted by molar-refractivity contribution is 7.99. The number of carbonyl (C=O) groups is 1. The molecule has 1 N–H and O–H groups in total. The minimum Gasteiger partial charge on any atom is -0.497 e. The minimum atomic E-state index is -0.0827. The molecule has 3 rings (SSSR count). The number of nitrogens with zero attached hydrogens (tertiary/aromatic N) is 4. The Hall–Kier alpha value is -2.52. The summed E-state index contributed by atoms with van der Waals surface area (Å²) in [6.07, 6.45) is 3.65. The lowest BCUT2D eigenvalue weighted by Gasteiger charge is -2.11. The highest BCUT2D eigenvalue weighted by atomic mass is 32.2. The fourth-order valence-electron chi connectivity index (χ4n) is 2.34. The van der Waals surface area contributed by atoms with E-state index < -0.39 is 0 Å². The first-order chi connectivity index (χ1) is 13.2. The highest BCUT2D eigenvalue weighted by Gasteiger charge is 2.14. The summed E-state index contributed by atoms with van der Waals surface area (Å²) in [7, 11) is 1.63. The van der Waals surface area contributed by atoms with Crippen molar-refractivity contribution < 1.29 is 9.53 Å². The molecule has 0 aliphatic carbocycles. The van der Waals surface area contributed by atoms with Crippen molar-refractivity contribution in [2.24, 2.45) is 0 Å². The van der Waals surface area contributed by atoms with Crippen LogP contribution in [0.25, 0.3) is 5.69 Å². The van der Waals surface area contributed by atoms with E-state index in [2.05, 4.69) is 20.5 Å². The lowest BCUT2D eigenvalue weighted by Crippen LogP contribution is -2.26. The summed E-state index contributed by atoms with van der Waals surface area (Å²) in [6, 6.07) is 13.3. The zero-order chi connectivity index (χ0) is 19.1. The van der Waals surface area contributed by atoms with Gasteiger partial charge in [0.05, 0.1) is 24.4 Å². The van der Waals surface area contributed by atoms with Gasteiger partial charge < -0.3 is 10.1 Å². The number of pyridine rings is 1. The largest absolute Gasteiger partial charge is 0.497 e. The molecule has 0 saturated carbocycles. The molecule has 0 aliphatic rings. The monoisotopic (exact) mass is 401 g/mol. The Morgan fingerprint density at radius 3 is 2.67 bits per heavy atom. The fourth-order valence-corrected chi connectivity index (χ4v) is 3.55. The van der Waals surface area contributed by atoms with Crippen LogP contribution < -0.4 is 10.1 Å². The quantitative estimate of drug-likeness (QED) is 0.581. The standard InChI is InChI=1S/C18H19N5O2S2/c1-25-14-8-6-13(7-9-14)23-15(21-22-18(23)26-2)11-20-16(24)12-27-17-5-3-4-10-19-17/h3-10H,11-12H2,1-2H3,(H,20,24). The molecule has 140 valence electrons. The third-order valence-electron chi connectivity index (χ3n) is 3.65. The van der Waals surface area contributed by atoms with E-state index in [9.17, 15) is 4.79 Å². The van der Waals surface area contributed by atoms with Crippen molar-refractivity contribution in [2.45, 2.75) is 16.7 Å². The van der Waals surface area contributed by atoms with Gasteiger partial charge in [0.2, 0.25) is 5.91 Å². The van der Waals surface area contributed by atoms with Crippen LogP contribution in [-0.4, -0.2) is 44.8 Å². The summed E-state index contributed by atoms with van der Waals surface area (Å²) < 4.78 is 7.13. The van der Waals surface area contributed by atoms with Crippen molar-refractivity contribution in [2.75, 3.05) is 19.1 Å². The van der Waals surface area contributed by atoms with Crippen LogP contribution >= 0.6 is 23.5 Å². The molecular weight excluding hydrogens is 382 g/mol. The van der Waals surface area contributed by atoms with Gasteiger partial charge in [0.15, 0.2) is 11.0 Å². The van der Waals surface area contributed by atoms with E-state index in [0.29, 0.717) is 18.1 Å². The van der Waals surface area contributed by atoms with E-state index in [1.807, 2.05) is 53.3 Å². The second kappa shape index (κ2) is 9.43. The summed E-state index contributed by atoms with van der Waals surface area (Å²) in [4.78, 5) is 16.4. The average molecular weight is 402 g/mol. The van der Waals surface area contributed by atoms with Crippen molar-refractivity contribution in [1.29, 1.82) is 0 Å². The molecule has 0 radical (unpaired) electrons. The topological polar surface area (TPSA) is 81.9 Å². The third-order valence-corrected chi connectivity index (χ3v) is 5.22. The molecule has 7 nitrogen and oxygen atoms in total. The molecule has 0 saturated heterocycles. The lowest BCUT2D eigenvalue weighted by atomic mass is 10.3. The van der Waals surface area contributed by atoms with Gasteiger partial charge in [-0.25, -0.2) is 4.98 Å². The minimum absolute atomic E-state index is 0.0827. The van der Waals surface area contributed by atoms with Gasteiger partial charge in [0, 0.05) is 11.9 Å². The fraction of sp³-hybridized carbons (Fsp3) is 0.222. The molecule has 27 heavy (non-hydrogen) atoms. The molecular formula is C18H19N5O2S2. The maximum absolute atomic E-state index is 12.2. The molecule has 0 aliphatic heterocycles. The van der Waals surface area contributed by atoms with Crippen LogP contribution in [0.5, 0.6) is 5.75 Å². The van der Waals surface area contributed by atoms with Crippen LogP contribution in [0.2, 0.25) is 0 Å². The number of benzene rings is 1. The van der Waals surface area contributed by atoms with Gasteiger partial charge in [-0.15, -0.1) is 10.2 Å². The first kappa shape index (κ1) is 19.2. The van der Waals surface area contributed by atoms with E-state index >= 15 is 0 Å². The predicted molar refractivity (Wildman–Crippen MR) is 106 cm³/mol. The van der Waals surface area contributed by atoms with Gasteiger partial charge in [0.25, 0.3) is 0 Å². The Labute approximate surface area is 165 Å². The van der Waals surface area contributed by atoms with Crippen LogP contribution in [0.15, 0.2) is 58.8 Å². The van der Waals surface area contributed by atoms with Crippen LogP contribution in [-0.2, 0) is 11.3 Å². The molecule has 3 aromatic rings. The smallest absolute Gasteiger partial charge is 0.230 e. The van der Waals surface area contributed by atoms with Crippen molar-refractivity contribution >= 4 is 29.4 Å². The number of ether oxygens (including phenoxy) is 1. The van der Waals surface area contributed by atoms with E-state index in [1.54, 1.807) is 13.3 Å². The van der Waals surface area contributed by atoms with Gasteiger partial charge in [0.1, 0.15) is 5.75 Å². The molecule has 2 heterocycles. The van der Waals surface area contributed by atoms with Crippen LogP contribution in [0.1, 0.15) is 5.82 Å². The molecule has 0 atom stereocenters. The second-order valence-corrected chi connectivity index (χ2v) is 7.14. The maximum atomic E-state index is 12.2. The van der Waals surface area contributed by atoms with E-state index in [1.165, 1.54) is 23.5 Å². The number of methoxy groups -OCH3 is 1. The number of carbonyl (C=O) groups excluding carboxylic acids is 1. The number of amides is 1. The van der Waals surface area contributed by atoms with Crippen molar-refractivity contribution in [1.82, 2.24) is 25.1 Å². The van der Waals surface area contributed by atoms with Crippen molar-refractivity contribution in [3.63, 3.8) is 0 Å². The van der Waals surface area contributed by atoms with Crippen LogP contribution in [0, 0.1) is 0 Å². The first-order valence-electron chi connectivity index (χ1n) is 8.14. The van der Waals surface area contributed by atoms with Crippen LogP contribution in [0.3, 0.4) is 0 Å². The summed E-state index contributed by atoms with van der Waals surface area (Å²) in [6.45, 7) is 0.293. The number of hydrogen-bond acceptors (Lipinski definition) is 7. The average Bonchev–Trinajstić information content (AvgIpc) is 3.14. The van der Waals surface area contributed by atoms with Crippen molar-refractivity contribution in [3.05, 3.63) is 54.5 Å². The van der Waals surface area contributed by atoms with Crippen molar-refractivity contribution in [3.8, 4) is 11.4 Å². The molecule has 0 fully saturated rings. The number of aromatic nitrogens is 4. The summed E-state index contributed by atoms with van der Waals surface area (Å²) in [5.74, 6) is 1.66. The van der Waals surface area contributed by atoms with Gasteiger partial charge >= 0.3 is 0 Å². The Kier molecular flexibility index (Phi) is 6.72. The first-order valence-corrected chi connectivity index (χ1v) is 10.4. The zero-order valence-electron chi connectivity index (χ0n) is 15.0. The summed E-state index contributed by atoms with van der Waals surface area (Å²) in [5.41, 5.74) is 0.914. The molecule has 1 aromatic carbocycles. The predicted octanol–water partition coefficient (Wildman–Crippen LogP) is 2.80. The second-order valence-electron chi connectivity index (χ2n) is 5.37. The van der Waals surface area contributed by atoms with E-state index in [4.69, 9.17) is 4.74 Å². The van der Waals surface area contributed by atoms with Crippen LogP contribution in [0.4, 0.5) is 0 Å². The molecule has 0 spiro atoms. The number of thioether (sulfide) groups is 2. The van der Waals surface area contributed by atoms with Gasteiger partial charge in [-0.1, -0.05) is 29.6 Å². The Balaban J connectivity index is 1.66. The molecule has 0 unspecified atom stereocenters. The normalized spacial score (nSPS) is 10.6. The number of hydrogen-bond donors (Lipinski definition) is 1. The van der Waals surface area contributed by atoms with E-state index in [0.717, 1.165) is 21.6 Å². The molecule has 0 bridgehead atoms. The SMILES string of the molecule is COc1ccc(-n2c(CNC(=O)CSc3ccccn3)nnc2SC)cc1. The summed E-state index contributed by atoms with van der Waals surface area (Å²) in [5, 5.41) is 12.9. The summed E-state index contributed by atoms with van der Waals surface area (Å²) >= 11 is 2.89.